The number of hydrogen-bond donors (Lipinski definition) is 2. The predicted molar refractivity (Wildman–Crippen MR) is 65.2 cm³/mol. The Bertz CT molecular complexity index is 368. The van der Waals surface area contributed by atoms with Gasteiger partial charge < -0.3 is 15.6 Å². The lowest BCUT2D eigenvalue weighted by Crippen LogP contribution is -2.28. The first-order valence-corrected chi connectivity index (χ1v) is 5.75. The molecule has 0 saturated heterocycles. The molecule has 1 aromatic carbocycles. The van der Waals surface area contributed by atoms with Crippen LogP contribution in [0, 0.1) is 12.7 Å². The Hall–Kier alpha value is -0.970. The predicted octanol–water partition coefficient (Wildman–Crippen LogP) is 1.92. The van der Waals surface area contributed by atoms with Gasteiger partial charge in [-0.3, -0.25) is 0 Å². The van der Waals surface area contributed by atoms with Crippen molar-refractivity contribution in [2.75, 3.05) is 6.54 Å². The van der Waals surface area contributed by atoms with Gasteiger partial charge in [0.15, 0.2) is 0 Å². The Labute approximate surface area is 101 Å². The largest absolute Gasteiger partial charge is 0.391 e. The smallest absolute Gasteiger partial charge is 0.126 e. The standard InChI is InChI=1S/C13H20FNO2/c1-8-6-11(4-5-12(8)14)13(7-15)17-10(3)9(2)16/h4-6,9-10,13,16H,7,15H2,1-3H3. The normalized spacial score (nSPS) is 16.6. The molecule has 17 heavy (non-hydrogen) atoms. The van der Waals surface area contributed by atoms with Crippen molar-refractivity contribution in [3.8, 4) is 0 Å². The average Bonchev–Trinajstić information content (AvgIpc) is 2.29. The number of hydrogen-bond acceptors (Lipinski definition) is 3. The molecule has 0 amide bonds. The molecule has 3 atom stereocenters. The van der Waals surface area contributed by atoms with Crippen LogP contribution < -0.4 is 5.73 Å². The number of nitrogens with two attached hydrogens (primary N) is 1. The van der Waals surface area contributed by atoms with Crippen molar-refractivity contribution in [3.63, 3.8) is 0 Å². The molecule has 0 radical (unpaired) electrons. The molecule has 3 nitrogen and oxygen atoms in total. The molecule has 3 unspecified atom stereocenters. The molecule has 0 aliphatic heterocycles. The van der Waals surface area contributed by atoms with Crippen LogP contribution in [0.2, 0.25) is 0 Å². The van der Waals surface area contributed by atoms with Gasteiger partial charge in [-0.2, -0.15) is 0 Å². The summed E-state index contributed by atoms with van der Waals surface area (Å²) in [6.07, 6.45) is -1.20. The SMILES string of the molecule is Cc1cc(C(CN)OC(C)C(C)O)ccc1F. The van der Waals surface area contributed by atoms with Gasteiger partial charge in [-0.25, -0.2) is 4.39 Å². The van der Waals surface area contributed by atoms with Crippen LogP contribution in [-0.4, -0.2) is 23.9 Å². The average molecular weight is 241 g/mol. The maximum absolute atomic E-state index is 13.1. The van der Waals surface area contributed by atoms with E-state index in [1.165, 1.54) is 6.07 Å². The van der Waals surface area contributed by atoms with E-state index in [0.717, 1.165) is 5.56 Å². The van der Waals surface area contributed by atoms with E-state index in [9.17, 15) is 9.50 Å². The van der Waals surface area contributed by atoms with Crippen molar-refractivity contribution in [2.24, 2.45) is 5.73 Å². The monoisotopic (exact) mass is 241 g/mol. The summed E-state index contributed by atoms with van der Waals surface area (Å²) in [7, 11) is 0. The van der Waals surface area contributed by atoms with Crippen molar-refractivity contribution < 1.29 is 14.2 Å². The summed E-state index contributed by atoms with van der Waals surface area (Å²) in [5, 5.41) is 9.39. The molecule has 0 bridgehead atoms. The summed E-state index contributed by atoms with van der Waals surface area (Å²) >= 11 is 0. The van der Waals surface area contributed by atoms with E-state index in [-0.39, 0.29) is 18.0 Å². The van der Waals surface area contributed by atoms with Crippen molar-refractivity contribution in [1.29, 1.82) is 0 Å². The van der Waals surface area contributed by atoms with Gasteiger partial charge in [0, 0.05) is 6.54 Å². The lowest BCUT2D eigenvalue weighted by Gasteiger charge is -2.23. The number of aliphatic hydroxyl groups is 1. The van der Waals surface area contributed by atoms with Crippen molar-refractivity contribution >= 4 is 0 Å². The number of aryl methyl sites for hydroxylation is 1. The first kappa shape index (κ1) is 14.1. The molecular weight excluding hydrogens is 221 g/mol. The zero-order valence-electron chi connectivity index (χ0n) is 10.5. The quantitative estimate of drug-likeness (QED) is 0.828. The van der Waals surface area contributed by atoms with Gasteiger partial charge in [0.05, 0.1) is 18.3 Å². The van der Waals surface area contributed by atoms with E-state index < -0.39 is 6.10 Å². The van der Waals surface area contributed by atoms with E-state index in [4.69, 9.17) is 10.5 Å². The van der Waals surface area contributed by atoms with Crippen LogP contribution in [0.1, 0.15) is 31.1 Å². The van der Waals surface area contributed by atoms with Crippen LogP contribution in [0.4, 0.5) is 4.39 Å². The van der Waals surface area contributed by atoms with Crippen LogP contribution in [-0.2, 0) is 4.74 Å². The van der Waals surface area contributed by atoms with Gasteiger partial charge in [0.25, 0.3) is 0 Å². The third kappa shape index (κ3) is 3.77. The molecule has 0 aromatic heterocycles. The molecule has 96 valence electrons. The lowest BCUT2D eigenvalue weighted by molar-refractivity contribution is -0.0592. The van der Waals surface area contributed by atoms with E-state index in [0.29, 0.717) is 12.1 Å². The third-order valence-corrected chi connectivity index (χ3v) is 2.83. The van der Waals surface area contributed by atoms with Gasteiger partial charge in [0.1, 0.15) is 5.82 Å². The van der Waals surface area contributed by atoms with Crippen LogP contribution in [0.5, 0.6) is 0 Å². The zero-order chi connectivity index (χ0) is 13.0. The number of ether oxygens (including phenoxy) is 1. The highest BCUT2D eigenvalue weighted by Crippen LogP contribution is 2.21. The number of rotatable bonds is 5. The molecule has 0 aliphatic rings. The van der Waals surface area contributed by atoms with Crippen LogP contribution in [0.3, 0.4) is 0 Å². The molecule has 4 heteroatoms. The minimum Gasteiger partial charge on any atom is -0.391 e. The lowest BCUT2D eigenvalue weighted by atomic mass is 10.1. The van der Waals surface area contributed by atoms with Gasteiger partial charge in [-0.1, -0.05) is 12.1 Å². The summed E-state index contributed by atoms with van der Waals surface area (Å²) in [5.41, 5.74) is 7.04. The van der Waals surface area contributed by atoms with E-state index in [1.807, 2.05) is 0 Å². The molecule has 1 aromatic rings. The fourth-order valence-electron chi connectivity index (χ4n) is 1.51. The van der Waals surface area contributed by atoms with Crippen molar-refractivity contribution in [3.05, 3.63) is 35.1 Å². The summed E-state index contributed by atoms with van der Waals surface area (Å²) in [6, 6.07) is 4.79. The van der Waals surface area contributed by atoms with Crippen LogP contribution in [0.15, 0.2) is 18.2 Å². The maximum Gasteiger partial charge on any atom is 0.126 e. The van der Waals surface area contributed by atoms with Crippen molar-refractivity contribution in [1.82, 2.24) is 0 Å². The fraction of sp³-hybridized carbons (Fsp3) is 0.538. The van der Waals surface area contributed by atoms with Crippen molar-refractivity contribution in [2.45, 2.75) is 39.1 Å². The molecule has 0 heterocycles. The molecule has 0 spiro atoms. The second-order valence-electron chi connectivity index (χ2n) is 4.31. The Kier molecular flexibility index (Phi) is 5.05. The Morgan fingerprint density at radius 1 is 1.41 bits per heavy atom. The van der Waals surface area contributed by atoms with Gasteiger partial charge >= 0.3 is 0 Å². The van der Waals surface area contributed by atoms with Crippen LogP contribution in [0.25, 0.3) is 0 Å². The number of aliphatic hydroxyl groups excluding tert-OH is 1. The van der Waals surface area contributed by atoms with Gasteiger partial charge in [-0.15, -0.1) is 0 Å². The molecule has 3 N–H and O–H groups in total. The molecule has 0 fully saturated rings. The number of benzene rings is 1. The molecule has 1 rings (SSSR count). The molecular formula is C13H20FNO2. The summed E-state index contributed by atoms with van der Waals surface area (Å²) < 4.78 is 18.8. The van der Waals surface area contributed by atoms with E-state index in [2.05, 4.69) is 0 Å². The molecule has 0 aliphatic carbocycles. The first-order chi connectivity index (χ1) is 7.95. The van der Waals surface area contributed by atoms with Crippen LogP contribution >= 0.6 is 0 Å². The first-order valence-electron chi connectivity index (χ1n) is 5.75. The Morgan fingerprint density at radius 3 is 2.53 bits per heavy atom. The van der Waals surface area contributed by atoms with Gasteiger partial charge in [-0.05, 0) is 38.0 Å². The Morgan fingerprint density at radius 2 is 2.06 bits per heavy atom. The second kappa shape index (κ2) is 6.10. The van der Waals surface area contributed by atoms with E-state index in [1.54, 1.807) is 32.9 Å². The minimum absolute atomic E-state index is 0.243. The summed E-state index contributed by atoms with van der Waals surface area (Å²) in [4.78, 5) is 0. The topological polar surface area (TPSA) is 55.5 Å². The fourth-order valence-corrected chi connectivity index (χ4v) is 1.51. The molecule has 0 saturated carbocycles. The highest BCUT2D eigenvalue weighted by atomic mass is 19.1. The second-order valence-corrected chi connectivity index (χ2v) is 4.31. The highest BCUT2D eigenvalue weighted by Gasteiger charge is 2.17. The summed E-state index contributed by atoms with van der Waals surface area (Å²) in [5.74, 6) is -0.243. The summed E-state index contributed by atoms with van der Waals surface area (Å²) in [6.45, 7) is 5.44. The highest BCUT2D eigenvalue weighted by molar-refractivity contribution is 5.26. The number of halogens is 1. The van der Waals surface area contributed by atoms with E-state index >= 15 is 0 Å². The minimum atomic E-state index is -0.564. The third-order valence-electron chi connectivity index (χ3n) is 2.83. The van der Waals surface area contributed by atoms with Gasteiger partial charge in [0.2, 0.25) is 0 Å². The Balaban J connectivity index is 2.82. The zero-order valence-corrected chi connectivity index (χ0v) is 10.5. The maximum atomic E-state index is 13.1.